The van der Waals surface area contributed by atoms with Crippen LogP contribution in [0.15, 0.2) is 57.8 Å². The van der Waals surface area contributed by atoms with Gasteiger partial charge in [-0.25, -0.2) is 8.78 Å². The van der Waals surface area contributed by atoms with Crippen molar-refractivity contribution in [3.05, 3.63) is 98.8 Å². The lowest BCUT2D eigenvalue weighted by Gasteiger charge is -2.19. The number of fused-ring (bicyclic) bond motifs is 1. The standard InChI is InChI=1S/C23H19F2N3O4/c1-12-9-16(27-32-12)11-28-13(2)19(17-7-4-8-18(25)20(17)23(28)31)22(30)26-21(29)14-5-3-6-15(24)10-14/h3-10,21,29H,11H2,1-2H3,(H,26,30)/t21-/m0/s1. The normalized spacial score (nSPS) is 12.2. The summed E-state index contributed by atoms with van der Waals surface area (Å²) >= 11 is 0. The SMILES string of the molecule is Cc1cc(Cn2c(C)c(C(=O)N[C@@H](O)c3cccc(F)c3)c3cccc(F)c3c2=O)no1. The molecule has 0 bridgehead atoms. The summed E-state index contributed by atoms with van der Waals surface area (Å²) in [6.45, 7) is 3.19. The van der Waals surface area contributed by atoms with Crippen LogP contribution in [0, 0.1) is 25.5 Å². The summed E-state index contributed by atoms with van der Waals surface area (Å²) in [5.41, 5.74) is 0.193. The maximum atomic E-state index is 14.6. The van der Waals surface area contributed by atoms with E-state index in [1.165, 1.54) is 34.9 Å². The second-order valence-corrected chi connectivity index (χ2v) is 7.37. The number of aliphatic hydroxyl groups is 1. The Labute approximate surface area is 180 Å². The van der Waals surface area contributed by atoms with Crippen LogP contribution in [-0.4, -0.2) is 20.7 Å². The number of benzene rings is 2. The topological polar surface area (TPSA) is 97.4 Å². The minimum Gasteiger partial charge on any atom is -0.369 e. The predicted octanol–water partition coefficient (Wildman–Crippen LogP) is 3.35. The summed E-state index contributed by atoms with van der Waals surface area (Å²) in [6.07, 6.45) is -1.51. The average molecular weight is 439 g/mol. The van der Waals surface area contributed by atoms with Gasteiger partial charge in [0.2, 0.25) is 0 Å². The first kappa shape index (κ1) is 21.4. The Hall–Kier alpha value is -3.85. The largest absolute Gasteiger partial charge is 0.369 e. The van der Waals surface area contributed by atoms with Crippen LogP contribution in [0.3, 0.4) is 0 Å². The molecule has 32 heavy (non-hydrogen) atoms. The molecule has 2 N–H and O–H groups in total. The van der Waals surface area contributed by atoms with Gasteiger partial charge >= 0.3 is 0 Å². The fourth-order valence-corrected chi connectivity index (χ4v) is 3.65. The molecule has 1 atom stereocenters. The molecule has 0 fully saturated rings. The molecule has 0 spiro atoms. The maximum Gasteiger partial charge on any atom is 0.262 e. The fourth-order valence-electron chi connectivity index (χ4n) is 3.65. The molecule has 0 aliphatic rings. The van der Waals surface area contributed by atoms with E-state index in [2.05, 4.69) is 10.5 Å². The van der Waals surface area contributed by atoms with Crippen LogP contribution >= 0.6 is 0 Å². The lowest BCUT2D eigenvalue weighted by molar-refractivity contribution is 0.0783. The minimum atomic E-state index is -1.51. The Morgan fingerprint density at radius 3 is 2.62 bits per heavy atom. The zero-order valence-electron chi connectivity index (χ0n) is 17.2. The van der Waals surface area contributed by atoms with E-state index in [0.29, 0.717) is 11.5 Å². The van der Waals surface area contributed by atoms with Crippen LogP contribution in [0.4, 0.5) is 8.78 Å². The predicted molar refractivity (Wildman–Crippen MR) is 112 cm³/mol. The first-order valence-electron chi connectivity index (χ1n) is 9.74. The number of carbonyl (C=O) groups is 1. The highest BCUT2D eigenvalue weighted by Gasteiger charge is 2.23. The van der Waals surface area contributed by atoms with Gasteiger partial charge < -0.3 is 19.5 Å². The second kappa shape index (κ2) is 8.35. The Balaban J connectivity index is 1.83. The number of aryl methyl sites for hydroxylation is 1. The maximum absolute atomic E-state index is 14.6. The number of nitrogens with zero attached hydrogens (tertiary/aromatic N) is 2. The third-order valence-corrected chi connectivity index (χ3v) is 5.16. The summed E-state index contributed by atoms with van der Waals surface area (Å²) in [7, 11) is 0. The molecule has 9 heteroatoms. The summed E-state index contributed by atoms with van der Waals surface area (Å²) in [6, 6.07) is 10.8. The molecule has 0 saturated carbocycles. The number of nitrogens with one attached hydrogen (secondary N) is 1. The van der Waals surface area contributed by atoms with E-state index in [1.807, 2.05) is 0 Å². The van der Waals surface area contributed by atoms with Gasteiger partial charge in [-0.1, -0.05) is 29.4 Å². The number of hydrogen-bond acceptors (Lipinski definition) is 5. The van der Waals surface area contributed by atoms with Gasteiger partial charge in [0, 0.05) is 22.7 Å². The molecule has 0 aliphatic carbocycles. The van der Waals surface area contributed by atoms with Crippen molar-refractivity contribution in [2.45, 2.75) is 26.6 Å². The van der Waals surface area contributed by atoms with Gasteiger partial charge in [-0.15, -0.1) is 0 Å². The van der Waals surface area contributed by atoms with E-state index in [4.69, 9.17) is 4.52 Å². The van der Waals surface area contributed by atoms with Crippen LogP contribution in [0.1, 0.15) is 39.3 Å². The van der Waals surface area contributed by atoms with Gasteiger partial charge in [0.1, 0.15) is 23.1 Å². The van der Waals surface area contributed by atoms with E-state index in [9.17, 15) is 23.5 Å². The van der Waals surface area contributed by atoms with Crippen molar-refractivity contribution < 1.29 is 23.2 Å². The van der Waals surface area contributed by atoms with Crippen LogP contribution in [0.25, 0.3) is 10.8 Å². The highest BCUT2D eigenvalue weighted by atomic mass is 19.1. The molecule has 2 heterocycles. The Morgan fingerprint density at radius 2 is 1.94 bits per heavy atom. The fraction of sp³-hybridized carbons (Fsp3) is 0.174. The van der Waals surface area contributed by atoms with E-state index >= 15 is 0 Å². The molecular formula is C23H19F2N3O4. The molecule has 0 aliphatic heterocycles. The number of pyridine rings is 1. The zero-order chi connectivity index (χ0) is 23.0. The summed E-state index contributed by atoms with van der Waals surface area (Å²) in [5.74, 6) is -1.57. The Morgan fingerprint density at radius 1 is 1.19 bits per heavy atom. The van der Waals surface area contributed by atoms with E-state index in [0.717, 1.165) is 12.1 Å². The molecule has 0 saturated heterocycles. The molecule has 1 amide bonds. The summed E-state index contributed by atoms with van der Waals surface area (Å²) in [4.78, 5) is 26.2. The van der Waals surface area contributed by atoms with Crippen molar-refractivity contribution in [2.24, 2.45) is 0 Å². The van der Waals surface area contributed by atoms with Crippen LogP contribution in [-0.2, 0) is 6.54 Å². The van der Waals surface area contributed by atoms with Crippen molar-refractivity contribution in [2.75, 3.05) is 0 Å². The van der Waals surface area contributed by atoms with Crippen LogP contribution in [0.2, 0.25) is 0 Å². The van der Waals surface area contributed by atoms with Crippen molar-refractivity contribution >= 4 is 16.7 Å². The molecule has 0 radical (unpaired) electrons. The lowest BCUT2D eigenvalue weighted by Crippen LogP contribution is -2.33. The molecule has 0 unspecified atom stereocenters. The highest BCUT2D eigenvalue weighted by molar-refractivity contribution is 6.08. The minimum absolute atomic E-state index is 0.00905. The van der Waals surface area contributed by atoms with Crippen molar-refractivity contribution in [1.82, 2.24) is 15.0 Å². The number of rotatable bonds is 5. The number of amides is 1. The molecule has 164 valence electrons. The van der Waals surface area contributed by atoms with Crippen molar-refractivity contribution in [3.63, 3.8) is 0 Å². The monoisotopic (exact) mass is 439 g/mol. The first-order valence-corrected chi connectivity index (χ1v) is 9.74. The Kier molecular flexibility index (Phi) is 5.58. The van der Waals surface area contributed by atoms with Gasteiger partial charge in [-0.05, 0) is 32.0 Å². The van der Waals surface area contributed by atoms with Crippen LogP contribution < -0.4 is 10.9 Å². The lowest BCUT2D eigenvalue weighted by atomic mass is 10.0. The number of halogens is 2. The van der Waals surface area contributed by atoms with Gasteiger partial charge in [0.15, 0.2) is 6.23 Å². The summed E-state index contributed by atoms with van der Waals surface area (Å²) in [5, 5.41) is 16.5. The second-order valence-electron chi connectivity index (χ2n) is 7.37. The van der Waals surface area contributed by atoms with E-state index < -0.39 is 29.3 Å². The smallest absolute Gasteiger partial charge is 0.262 e. The van der Waals surface area contributed by atoms with Gasteiger partial charge in [0.05, 0.1) is 17.5 Å². The van der Waals surface area contributed by atoms with E-state index in [-0.39, 0.29) is 34.1 Å². The number of aromatic nitrogens is 2. The molecule has 4 aromatic rings. The van der Waals surface area contributed by atoms with Crippen molar-refractivity contribution in [3.8, 4) is 0 Å². The first-order chi connectivity index (χ1) is 15.3. The number of aliphatic hydroxyl groups excluding tert-OH is 1. The van der Waals surface area contributed by atoms with Gasteiger partial charge in [-0.3, -0.25) is 9.59 Å². The zero-order valence-corrected chi connectivity index (χ0v) is 17.2. The summed E-state index contributed by atoms with van der Waals surface area (Å²) < 4.78 is 34.4. The van der Waals surface area contributed by atoms with Crippen LogP contribution in [0.5, 0.6) is 0 Å². The van der Waals surface area contributed by atoms with E-state index in [1.54, 1.807) is 19.9 Å². The third kappa shape index (κ3) is 3.90. The third-order valence-electron chi connectivity index (χ3n) is 5.16. The average Bonchev–Trinajstić information content (AvgIpc) is 3.16. The van der Waals surface area contributed by atoms with Crippen molar-refractivity contribution in [1.29, 1.82) is 0 Å². The molecule has 2 aromatic heterocycles. The molecular weight excluding hydrogens is 420 g/mol. The van der Waals surface area contributed by atoms with Gasteiger partial charge in [0.25, 0.3) is 11.5 Å². The van der Waals surface area contributed by atoms with Gasteiger partial charge in [-0.2, -0.15) is 0 Å². The molecule has 2 aromatic carbocycles. The Bertz CT molecular complexity index is 1390. The number of hydrogen-bond donors (Lipinski definition) is 2. The number of carbonyl (C=O) groups excluding carboxylic acids is 1. The molecule has 7 nitrogen and oxygen atoms in total. The highest BCUT2D eigenvalue weighted by Crippen LogP contribution is 2.23. The quantitative estimate of drug-likeness (QED) is 0.465. The molecule has 4 rings (SSSR count).